The lowest BCUT2D eigenvalue weighted by molar-refractivity contribution is 0.496. The molecule has 1 rings (SSSR count). The number of benzene rings is 1. The number of rotatable bonds is 3. The molecule has 0 spiro atoms. The van der Waals surface area contributed by atoms with Gasteiger partial charge >= 0.3 is 0 Å². The number of hydrogen-bond donors (Lipinski definition) is 2. The van der Waals surface area contributed by atoms with E-state index in [0.29, 0.717) is 18.7 Å². The summed E-state index contributed by atoms with van der Waals surface area (Å²) in [4.78, 5) is 3.83. The van der Waals surface area contributed by atoms with Crippen molar-refractivity contribution in [1.29, 1.82) is 0 Å². The monoisotopic (exact) mass is 231 g/mol. The molecule has 0 radical (unpaired) electrons. The molecule has 0 fully saturated rings. The second-order valence-corrected chi connectivity index (χ2v) is 3.14. The number of aliphatic imine (C=N–C) groups is 1. The first-order valence-electron chi connectivity index (χ1n) is 4.76. The Morgan fingerprint density at radius 1 is 1.25 bits per heavy atom. The zero-order chi connectivity index (χ0) is 12.1. The molecular weight excluding hydrogens is 219 g/mol. The van der Waals surface area contributed by atoms with Crippen LogP contribution in [0.25, 0.3) is 0 Å². The van der Waals surface area contributed by atoms with Crippen molar-refractivity contribution in [2.24, 2.45) is 10.7 Å². The number of hydrogen-bond acceptors (Lipinski definition) is 1. The highest BCUT2D eigenvalue weighted by Gasteiger charge is 2.09. The Morgan fingerprint density at radius 3 is 2.50 bits per heavy atom. The molecule has 16 heavy (non-hydrogen) atoms. The predicted molar refractivity (Wildman–Crippen MR) is 56.7 cm³/mol. The van der Waals surface area contributed by atoms with Gasteiger partial charge < -0.3 is 11.1 Å². The van der Waals surface area contributed by atoms with Crippen LogP contribution in [-0.2, 0) is 0 Å². The molecule has 0 atom stereocenters. The van der Waals surface area contributed by atoms with Gasteiger partial charge in [0.15, 0.2) is 17.6 Å². The smallest absolute Gasteiger partial charge is 0.193 e. The highest BCUT2D eigenvalue weighted by atomic mass is 19.2. The van der Waals surface area contributed by atoms with Gasteiger partial charge in [-0.1, -0.05) is 6.92 Å². The highest BCUT2D eigenvalue weighted by molar-refractivity contribution is 5.92. The summed E-state index contributed by atoms with van der Waals surface area (Å²) in [6.07, 6.45) is 0.780. The van der Waals surface area contributed by atoms with Crippen LogP contribution >= 0.6 is 0 Å². The molecule has 0 aliphatic carbocycles. The van der Waals surface area contributed by atoms with E-state index in [2.05, 4.69) is 10.3 Å². The second-order valence-electron chi connectivity index (χ2n) is 3.14. The van der Waals surface area contributed by atoms with Crippen LogP contribution in [0.15, 0.2) is 17.1 Å². The van der Waals surface area contributed by atoms with E-state index < -0.39 is 17.5 Å². The van der Waals surface area contributed by atoms with Crippen molar-refractivity contribution in [3.05, 3.63) is 29.6 Å². The average Bonchev–Trinajstić information content (AvgIpc) is 2.23. The molecule has 0 unspecified atom stereocenters. The highest BCUT2D eigenvalue weighted by Crippen LogP contribution is 2.17. The van der Waals surface area contributed by atoms with Gasteiger partial charge in [0, 0.05) is 18.7 Å². The predicted octanol–water partition coefficient (Wildman–Crippen LogP) is 2.24. The summed E-state index contributed by atoms with van der Waals surface area (Å²) in [5.41, 5.74) is 5.17. The van der Waals surface area contributed by atoms with E-state index in [1.807, 2.05) is 6.92 Å². The minimum absolute atomic E-state index is 0.0354. The summed E-state index contributed by atoms with van der Waals surface area (Å²) in [6, 6.07) is 1.14. The minimum Gasteiger partial charge on any atom is -0.370 e. The van der Waals surface area contributed by atoms with E-state index >= 15 is 0 Å². The van der Waals surface area contributed by atoms with E-state index in [1.54, 1.807) is 0 Å². The molecule has 0 amide bonds. The van der Waals surface area contributed by atoms with Crippen LogP contribution in [-0.4, -0.2) is 12.5 Å². The fourth-order valence-corrected chi connectivity index (χ4v) is 1.03. The molecule has 6 heteroatoms. The summed E-state index contributed by atoms with van der Waals surface area (Å²) in [6.45, 7) is 2.37. The van der Waals surface area contributed by atoms with Crippen molar-refractivity contribution >= 4 is 11.6 Å². The van der Waals surface area contributed by atoms with E-state index in [1.165, 1.54) is 0 Å². The summed E-state index contributed by atoms with van der Waals surface area (Å²) in [5.74, 6) is -3.35. The molecule has 0 saturated heterocycles. The van der Waals surface area contributed by atoms with Gasteiger partial charge in [-0.2, -0.15) is 0 Å². The van der Waals surface area contributed by atoms with Crippen LogP contribution in [0.4, 0.5) is 18.9 Å². The SMILES string of the molecule is CCCN=C(N)Nc1cc(F)c(F)cc1F. The molecule has 1 aromatic carbocycles. The molecule has 3 N–H and O–H groups in total. The Bertz CT molecular complexity index is 405. The molecule has 0 saturated carbocycles. The topological polar surface area (TPSA) is 50.4 Å². The standard InChI is InChI=1S/C10H12F3N3/c1-2-3-15-10(14)16-9-5-7(12)6(11)4-8(9)13/h4-5H,2-3H2,1H3,(H3,14,15,16). The van der Waals surface area contributed by atoms with Crippen molar-refractivity contribution in [2.75, 3.05) is 11.9 Å². The maximum absolute atomic E-state index is 13.1. The lowest BCUT2D eigenvalue weighted by Gasteiger charge is -2.07. The number of nitrogens with one attached hydrogen (secondary N) is 1. The van der Waals surface area contributed by atoms with Crippen LogP contribution in [0.1, 0.15) is 13.3 Å². The fourth-order valence-electron chi connectivity index (χ4n) is 1.03. The molecular formula is C10H12F3N3. The Kier molecular flexibility index (Phi) is 4.16. The number of anilines is 1. The zero-order valence-corrected chi connectivity index (χ0v) is 8.73. The molecule has 0 aromatic heterocycles. The molecule has 88 valence electrons. The van der Waals surface area contributed by atoms with Crippen molar-refractivity contribution in [1.82, 2.24) is 0 Å². The molecule has 3 nitrogen and oxygen atoms in total. The molecule has 0 aliphatic rings. The first-order valence-corrected chi connectivity index (χ1v) is 4.76. The Balaban J connectivity index is 2.85. The van der Waals surface area contributed by atoms with Crippen LogP contribution in [0.2, 0.25) is 0 Å². The van der Waals surface area contributed by atoms with E-state index in [-0.39, 0.29) is 11.6 Å². The fraction of sp³-hybridized carbons (Fsp3) is 0.300. The lowest BCUT2D eigenvalue weighted by atomic mass is 10.3. The quantitative estimate of drug-likeness (QED) is 0.476. The number of nitrogens with two attached hydrogens (primary N) is 1. The van der Waals surface area contributed by atoms with E-state index in [9.17, 15) is 13.2 Å². The van der Waals surface area contributed by atoms with Gasteiger partial charge in [-0.25, -0.2) is 13.2 Å². The average molecular weight is 231 g/mol. The molecule has 0 bridgehead atoms. The van der Waals surface area contributed by atoms with Crippen LogP contribution < -0.4 is 11.1 Å². The second kappa shape index (κ2) is 5.39. The van der Waals surface area contributed by atoms with Crippen molar-refractivity contribution in [2.45, 2.75) is 13.3 Å². The maximum atomic E-state index is 13.1. The van der Waals surface area contributed by atoms with Crippen molar-refractivity contribution in [3.63, 3.8) is 0 Å². The third kappa shape index (κ3) is 3.15. The number of nitrogens with zero attached hydrogens (tertiary/aromatic N) is 1. The van der Waals surface area contributed by atoms with Crippen LogP contribution in [0.5, 0.6) is 0 Å². The van der Waals surface area contributed by atoms with Gasteiger partial charge in [0.1, 0.15) is 5.82 Å². The maximum Gasteiger partial charge on any atom is 0.193 e. The first kappa shape index (κ1) is 12.4. The molecule has 0 heterocycles. The Labute approximate surface area is 91.2 Å². The minimum atomic E-state index is -1.24. The molecule has 1 aromatic rings. The van der Waals surface area contributed by atoms with Crippen molar-refractivity contribution in [3.8, 4) is 0 Å². The summed E-state index contributed by atoms with van der Waals surface area (Å²) in [7, 11) is 0. The van der Waals surface area contributed by atoms with Crippen molar-refractivity contribution < 1.29 is 13.2 Å². The Morgan fingerprint density at radius 2 is 1.88 bits per heavy atom. The normalized spacial score (nSPS) is 11.6. The van der Waals surface area contributed by atoms with Gasteiger partial charge in [-0.15, -0.1) is 0 Å². The van der Waals surface area contributed by atoms with Crippen LogP contribution in [0.3, 0.4) is 0 Å². The zero-order valence-electron chi connectivity index (χ0n) is 8.73. The van der Waals surface area contributed by atoms with E-state index in [4.69, 9.17) is 5.73 Å². The number of halogens is 3. The third-order valence-corrected chi connectivity index (χ3v) is 1.78. The first-order chi connectivity index (χ1) is 7.54. The summed E-state index contributed by atoms with van der Waals surface area (Å²) >= 11 is 0. The number of guanidine groups is 1. The lowest BCUT2D eigenvalue weighted by Crippen LogP contribution is -2.23. The summed E-state index contributed by atoms with van der Waals surface area (Å²) < 4.78 is 38.5. The molecule has 0 aliphatic heterocycles. The van der Waals surface area contributed by atoms with Gasteiger partial charge in [0.05, 0.1) is 5.69 Å². The van der Waals surface area contributed by atoms with Gasteiger partial charge in [-0.05, 0) is 6.42 Å². The van der Waals surface area contributed by atoms with Gasteiger partial charge in [0.2, 0.25) is 0 Å². The van der Waals surface area contributed by atoms with Gasteiger partial charge in [-0.3, -0.25) is 4.99 Å². The largest absolute Gasteiger partial charge is 0.370 e. The van der Waals surface area contributed by atoms with Crippen LogP contribution in [0, 0.1) is 17.5 Å². The summed E-state index contributed by atoms with van der Waals surface area (Å²) in [5, 5.41) is 2.36. The third-order valence-electron chi connectivity index (χ3n) is 1.78. The Hall–Kier alpha value is -1.72. The van der Waals surface area contributed by atoms with Gasteiger partial charge in [0.25, 0.3) is 0 Å². The van der Waals surface area contributed by atoms with E-state index in [0.717, 1.165) is 6.42 Å².